The van der Waals surface area contributed by atoms with Crippen molar-refractivity contribution in [2.24, 2.45) is 13.0 Å². The molecule has 1 aliphatic carbocycles. The monoisotopic (exact) mass is 463 g/mol. The lowest BCUT2D eigenvalue weighted by molar-refractivity contribution is -0.0984. The first kappa shape index (κ1) is 24.0. The van der Waals surface area contributed by atoms with Gasteiger partial charge in [0.05, 0.1) is 13.2 Å². The Morgan fingerprint density at radius 1 is 1.18 bits per heavy atom. The molecule has 1 N–H and O–H groups in total. The lowest BCUT2D eigenvalue weighted by atomic mass is 9.79. The molecule has 3 unspecified atom stereocenters. The summed E-state index contributed by atoms with van der Waals surface area (Å²) in [6.07, 6.45) is -1.53. The third-order valence-electron chi connectivity index (χ3n) is 7.51. The Balaban J connectivity index is 1.70. The van der Waals surface area contributed by atoms with Gasteiger partial charge in [-0.25, -0.2) is 0 Å². The van der Waals surface area contributed by atoms with Gasteiger partial charge in [-0.2, -0.15) is 13.2 Å². The molecule has 180 valence electrons. The number of allylic oxidation sites excluding steroid dienone is 1. The van der Waals surface area contributed by atoms with Gasteiger partial charge in [-0.1, -0.05) is 13.8 Å². The summed E-state index contributed by atoms with van der Waals surface area (Å²) in [5.41, 5.74) is 5.61. The predicted molar refractivity (Wildman–Crippen MR) is 121 cm³/mol. The van der Waals surface area contributed by atoms with Gasteiger partial charge >= 0.3 is 6.18 Å². The molecule has 3 atom stereocenters. The molecule has 1 saturated heterocycles. The normalized spacial score (nSPS) is 22.8. The molecule has 2 aromatic heterocycles. The van der Waals surface area contributed by atoms with Crippen LogP contribution in [0.1, 0.15) is 65.3 Å². The number of ether oxygens (including phenoxy) is 1. The fourth-order valence-electron chi connectivity index (χ4n) is 5.08. The van der Waals surface area contributed by atoms with E-state index in [0.717, 1.165) is 33.6 Å². The van der Waals surface area contributed by atoms with Crippen molar-refractivity contribution in [3.63, 3.8) is 0 Å². The molecule has 3 heterocycles. The van der Waals surface area contributed by atoms with Crippen molar-refractivity contribution in [1.82, 2.24) is 14.5 Å². The maximum atomic E-state index is 13.6. The molecule has 0 radical (unpaired) electrons. The van der Waals surface area contributed by atoms with Crippen LogP contribution in [0, 0.1) is 19.8 Å². The minimum absolute atomic E-state index is 0.226. The standard InChI is InChI=1S/C25H32F3N3O2/c1-14-15(2)22(25(26,27)28)12-23-20(14)11-18(30(23)5)10-19-16(3)21(13-29-17(19)4)24(32)31-6-8-33-9-7-31/h11-15,24,32H,6-10H2,1-5H3. The van der Waals surface area contributed by atoms with Crippen LogP contribution in [0.5, 0.6) is 0 Å². The van der Waals surface area contributed by atoms with Crippen LogP contribution < -0.4 is 0 Å². The van der Waals surface area contributed by atoms with Crippen LogP contribution in [-0.4, -0.2) is 52.0 Å². The molecule has 33 heavy (non-hydrogen) atoms. The number of morpholine rings is 1. The summed E-state index contributed by atoms with van der Waals surface area (Å²) in [5, 5.41) is 11.0. The topological polar surface area (TPSA) is 50.5 Å². The van der Waals surface area contributed by atoms with E-state index >= 15 is 0 Å². The van der Waals surface area contributed by atoms with Gasteiger partial charge in [-0.15, -0.1) is 0 Å². The van der Waals surface area contributed by atoms with Gasteiger partial charge in [-0.05, 0) is 54.5 Å². The maximum Gasteiger partial charge on any atom is 0.413 e. The zero-order valence-corrected chi connectivity index (χ0v) is 19.8. The largest absolute Gasteiger partial charge is 0.413 e. The number of fused-ring (bicyclic) bond motifs is 1. The van der Waals surface area contributed by atoms with Crippen molar-refractivity contribution in [2.75, 3.05) is 26.3 Å². The molecule has 0 aromatic carbocycles. The lowest BCUT2D eigenvalue weighted by Crippen LogP contribution is -2.39. The number of aryl methyl sites for hydroxylation is 1. The van der Waals surface area contributed by atoms with E-state index in [-0.39, 0.29) is 5.92 Å². The Labute approximate surface area is 192 Å². The highest BCUT2D eigenvalue weighted by Gasteiger charge is 2.42. The highest BCUT2D eigenvalue weighted by molar-refractivity contribution is 5.62. The van der Waals surface area contributed by atoms with Crippen molar-refractivity contribution in [3.05, 3.63) is 57.2 Å². The van der Waals surface area contributed by atoms with E-state index < -0.39 is 23.9 Å². The number of rotatable bonds is 4. The minimum atomic E-state index is -4.34. The summed E-state index contributed by atoms with van der Waals surface area (Å²) in [7, 11) is 1.83. The first-order chi connectivity index (χ1) is 15.5. The van der Waals surface area contributed by atoms with E-state index in [9.17, 15) is 18.3 Å². The fraction of sp³-hybridized carbons (Fsp3) is 0.560. The molecular weight excluding hydrogens is 431 g/mol. The van der Waals surface area contributed by atoms with E-state index in [1.165, 1.54) is 6.08 Å². The number of aromatic nitrogens is 2. The summed E-state index contributed by atoms with van der Waals surface area (Å²) < 4.78 is 48.1. The quantitative estimate of drug-likeness (QED) is 0.717. The highest BCUT2D eigenvalue weighted by atomic mass is 19.4. The zero-order chi connectivity index (χ0) is 24.1. The Kier molecular flexibility index (Phi) is 6.46. The summed E-state index contributed by atoms with van der Waals surface area (Å²) in [5.74, 6) is -0.818. The van der Waals surface area contributed by atoms with E-state index in [1.54, 1.807) is 13.1 Å². The van der Waals surface area contributed by atoms with Gasteiger partial charge in [0.15, 0.2) is 0 Å². The minimum Gasteiger partial charge on any atom is -0.379 e. The summed E-state index contributed by atoms with van der Waals surface area (Å²) in [6.45, 7) is 9.90. The molecule has 8 heteroatoms. The molecule has 0 bridgehead atoms. The van der Waals surface area contributed by atoms with E-state index in [2.05, 4.69) is 4.98 Å². The molecule has 0 spiro atoms. The Morgan fingerprint density at radius 3 is 2.48 bits per heavy atom. The molecule has 0 saturated carbocycles. The first-order valence-electron chi connectivity index (χ1n) is 11.4. The van der Waals surface area contributed by atoms with Crippen LogP contribution in [0.15, 0.2) is 17.8 Å². The molecular formula is C25H32F3N3O2. The average molecular weight is 464 g/mol. The van der Waals surface area contributed by atoms with Gasteiger partial charge in [0, 0.05) is 61.0 Å². The molecule has 1 fully saturated rings. The predicted octanol–water partition coefficient (Wildman–Crippen LogP) is 4.65. The number of nitrogens with zero attached hydrogens (tertiary/aromatic N) is 3. The van der Waals surface area contributed by atoms with Gasteiger partial charge in [0.1, 0.15) is 6.23 Å². The van der Waals surface area contributed by atoms with Crippen molar-refractivity contribution >= 4 is 6.08 Å². The lowest BCUT2D eigenvalue weighted by Gasteiger charge is -2.32. The van der Waals surface area contributed by atoms with Crippen LogP contribution in [-0.2, 0) is 18.2 Å². The van der Waals surface area contributed by atoms with Crippen LogP contribution in [0.25, 0.3) is 6.08 Å². The smallest absolute Gasteiger partial charge is 0.379 e. The number of hydrogen-bond acceptors (Lipinski definition) is 4. The number of aliphatic hydroxyl groups excluding tert-OH is 1. The average Bonchev–Trinajstić information content (AvgIpc) is 3.08. The Morgan fingerprint density at radius 2 is 1.85 bits per heavy atom. The third-order valence-corrected chi connectivity index (χ3v) is 7.51. The van der Waals surface area contributed by atoms with Crippen LogP contribution in [0.2, 0.25) is 0 Å². The van der Waals surface area contributed by atoms with E-state index in [4.69, 9.17) is 4.74 Å². The van der Waals surface area contributed by atoms with Crippen LogP contribution in [0.3, 0.4) is 0 Å². The second-order valence-electron chi connectivity index (χ2n) is 9.31. The maximum absolute atomic E-state index is 13.6. The van der Waals surface area contributed by atoms with Crippen LogP contribution in [0.4, 0.5) is 13.2 Å². The molecule has 0 amide bonds. The van der Waals surface area contributed by atoms with E-state index in [0.29, 0.717) is 38.4 Å². The number of aliphatic hydroxyl groups is 1. The molecule has 1 aliphatic heterocycles. The number of hydrogen-bond donors (Lipinski definition) is 1. The van der Waals surface area contributed by atoms with Crippen molar-refractivity contribution in [3.8, 4) is 0 Å². The second-order valence-corrected chi connectivity index (χ2v) is 9.31. The second kappa shape index (κ2) is 8.89. The molecule has 2 aromatic rings. The fourth-order valence-corrected chi connectivity index (χ4v) is 5.08. The van der Waals surface area contributed by atoms with Gasteiger partial charge in [0.2, 0.25) is 0 Å². The zero-order valence-electron chi connectivity index (χ0n) is 19.8. The highest BCUT2D eigenvalue weighted by Crippen LogP contribution is 2.45. The molecule has 2 aliphatic rings. The summed E-state index contributed by atoms with van der Waals surface area (Å²) in [4.78, 5) is 6.52. The van der Waals surface area contributed by atoms with Gasteiger partial charge < -0.3 is 14.4 Å². The van der Waals surface area contributed by atoms with Crippen molar-refractivity contribution < 1.29 is 23.0 Å². The summed E-state index contributed by atoms with van der Waals surface area (Å²) >= 11 is 0. The molecule has 4 rings (SSSR count). The Bertz CT molecular complexity index is 1070. The third kappa shape index (κ3) is 4.36. The molecule has 5 nitrogen and oxygen atoms in total. The summed E-state index contributed by atoms with van der Waals surface area (Å²) in [6, 6.07) is 2.03. The number of halogens is 3. The first-order valence-corrected chi connectivity index (χ1v) is 11.4. The SMILES string of the molecule is Cc1ncc(C(O)N2CCOCC2)c(C)c1Cc1cc2c(n1C)C=C(C(F)(F)F)C(C)C2C. The number of pyridine rings is 1. The van der Waals surface area contributed by atoms with Crippen molar-refractivity contribution in [2.45, 2.75) is 52.4 Å². The van der Waals surface area contributed by atoms with Gasteiger partial charge in [-0.3, -0.25) is 9.88 Å². The van der Waals surface area contributed by atoms with Gasteiger partial charge in [0.25, 0.3) is 0 Å². The van der Waals surface area contributed by atoms with Crippen molar-refractivity contribution in [1.29, 1.82) is 0 Å². The van der Waals surface area contributed by atoms with E-state index in [1.807, 2.05) is 43.4 Å². The number of alkyl halides is 3. The van der Waals surface area contributed by atoms with Crippen LogP contribution >= 0.6 is 0 Å². The Hall–Kier alpha value is -2.16.